The number of aromatic amines is 1. The van der Waals surface area contributed by atoms with Gasteiger partial charge < -0.3 is 15.4 Å². The molecule has 4 rings (SSSR count). The Kier molecular flexibility index (Phi) is 4.85. The van der Waals surface area contributed by atoms with Crippen LogP contribution < -0.4 is 16.6 Å². The van der Waals surface area contributed by atoms with E-state index in [1.54, 1.807) is 0 Å². The second kappa shape index (κ2) is 7.31. The number of aromatic hydroxyl groups is 1. The molecule has 28 heavy (non-hydrogen) atoms. The molecule has 1 aromatic carbocycles. The highest BCUT2D eigenvalue weighted by Gasteiger charge is 2.32. The molecule has 7 nitrogen and oxygen atoms in total. The average molecular weight is 382 g/mol. The number of fused-ring (bicyclic) bond motifs is 3. The first-order valence-corrected chi connectivity index (χ1v) is 9.97. The van der Waals surface area contributed by atoms with Crippen molar-refractivity contribution in [3.63, 3.8) is 0 Å². The fraction of sp³-hybridized carbons (Fsp3) is 0.429. The van der Waals surface area contributed by atoms with Crippen molar-refractivity contribution in [2.24, 2.45) is 0 Å². The van der Waals surface area contributed by atoms with E-state index in [2.05, 4.69) is 16.4 Å². The predicted molar refractivity (Wildman–Crippen MR) is 109 cm³/mol. The highest BCUT2D eigenvalue weighted by molar-refractivity contribution is 5.85. The van der Waals surface area contributed by atoms with Crippen LogP contribution in [0, 0.1) is 0 Å². The molecule has 1 aliphatic heterocycles. The summed E-state index contributed by atoms with van der Waals surface area (Å²) in [6.07, 6.45) is 2.20. The van der Waals surface area contributed by atoms with Crippen LogP contribution in [0.15, 0.2) is 33.9 Å². The van der Waals surface area contributed by atoms with Crippen LogP contribution in [0.1, 0.15) is 49.6 Å². The Morgan fingerprint density at radius 3 is 2.57 bits per heavy atom. The van der Waals surface area contributed by atoms with Gasteiger partial charge in [0, 0.05) is 36.2 Å². The molecule has 0 fully saturated rings. The summed E-state index contributed by atoms with van der Waals surface area (Å²) in [5.74, 6) is -0.229. The topological polar surface area (TPSA) is 92.0 Å². The number of nitrogens with one attached hydrogen (secondary N) is 2. The molecule has 1 unspecified atom stereocenters. The van der Waals surface area contributed by atoms with Crippen molar-refractivity contribution in [3.05, 3.63) is 61.9 Å². The number of rotatable bonds is 5. The Balaban J connectivity index is 1.98. The first-order chi connectivity index (χ1) is 13.6. The maximum Gasteiger partial charge on any atom is 0.333 e. The predicted octanol–water partition coefficient (Wildman–Crippen LogP) is 2.25. The van der Waals surface area contributed by atoms with Gasteiger partial charge in [-0.25, -0.2) is 4.79 Å². The third-order valence-electron chi connectivity index (χ3n) is 5.48. The van der Waals surface area contributed by atoms with Gasteiger partial charge in [0.2, 0.25) is 5.88 Å². The van der Waals surface area contributed by atoms with Gasteiger partial charge in [-0.3, -0.25) is 13.9 Å². The second-order valence-electron chi connectivity index (χ2n) is 7.33. The van der Waals surface area contributed by atoms with Crippen molar-refractivity contribution < 1.29 is 5.11 Å². The number of hydrogen-bond donors (Lipinski definition) is 3. The standard InChI is InChI=1S/C21H26N4O3/c1-3-11-24-19(26)16(20(27)25(12-4-2)21(24)28)18-17-14(9-10-22-18)13-7-5-6-8-15(13)23-17/h5-8,18,22-23,26H,3-4,9-12H2,1-2H3. The molecule has 0 radical (unpaired) electrons. The van der Waals surface area contributed by atoms with Gasteiger partial charge in [0.15, 0.2) is 0 Å². The molecule has 1 aliphatic rings. The van der Waals surface area contributed by atoms with Crippen LogP contribution in [0.4, 0.5) is 0 Å². The van der Waals surface area contributed by atoms with Crippen molar-refractivity contribution in [2.75, 3.05) is 6.54 Å². The highest BCUT2D eigenvalue weighted by Crippen LogP contribution is 2.34. The van der Waals surface area contributed by atoms with Crippen molar-refractivity contribution >= 4 is 10.9 Å². The lowest BCUT2D eigenvalue weighted by molar-refractivity contribution is 0.368. The Bertz CT molecular complexity index is 1140. The fourth-order valence-electron chi connectivity index (χ4n) is 4.23. The summed E-state index contributed by atoms with van der Waals surface area (Å²) in [6, 6.07) is 7.58. The Labute approximate surface area is 162 Å². The summed E-state index contributed by atoms with van der Waals surface area (Å²) in [5.41, 5.74) is 2.45. The lowest BCUT2D eigenvalue weighted by Gasteiger charge is -2.26. The van der Waals surface area contributed by atoms with E-state index in [0.29, 0.717) is 32.5 Å². The van der Waals surface area contributed by atoms with Crippen LogP contribution >= 0.6 is 0 Å². The number of aromatic nitrogens is 3. The molecule has 0 saturated carbocycles. The van der Waals surface area contributed by atoms with Crippen molar-refractivity contribution in [3.8, 4) is 5.88 Å². The Morgan fingerprint density at radius 2 is 1.82 bits per heavy atom. The lowest BCUT2D eigenvalue weighted by atomic mass is 9.95. The van der Waals surface area contributed by atoms with Crippen LogP contribution in [-0.4, -0.2) is 25.8 Å². The molecule has 3 aromatic rings. The highest BCUT2D eigenvalue weighted by atomic mass is 16.3. The van der Waals surface area contributed by atoms with Gasteiger partial charge in [0.1, 0.15) is 5.56 Å². The van der Waals surface area contributed by atoms with Crippen molar-refractivity contribution in [1.29, 1.82) is 0 Å². The van der Waals surface area contributed by atoms with Crippen molar-refractivity contribution in [1.82, 2.24) is 19.4 Å². The van der Waals surface area contributed by atoms with Gasteiger partial charge in [-0.1, -0.05) is 32.0 Å². The van der Waals surface area contributed by atoms with Gasteiger partial charge in [-0.2, -0.15) is 0 Å². The zero-order chi connectivity index (χ0) is 19.8. The number of hydrogen-bond acceptors (Lipinski definition) is 4. The smallest absolute Gasteiger partial charge is 0.333 e. The second-order valence-corrected chi connectivity index (χ2v) is 7.33. The summed E-state index contributed by atoms with van der Waals surface area (Å²) < 4.78 is 2.58. The summed E-state index contributed by atoms with van der Waals surface area (Å²) in [6.45, 7) is 5.26. The van der Waals surface area contributed by atoms with E-state index in [0.717, 1.165) is 28.6 Å². The summed E-state index contributed by atoms with van der Waals surface area (Å²) in [4.78, 5) is 29.4. The van der Waals surface area contributed by atoms with Crippen LogP contribution in [0.2, 0.25) is 0 Å². The summed E-state index contributed by atoms with van der Waals surface area (Å²) in [5, 5.41) is 15.4. The van der Waals surface area contributed by atoms with E-state index in [4.69, 9.17) is 0 Å². The molecular formula is C21H26N4O3. The number of benzene rings is 1. The minimum Gasteiger partial charge on any atom is -0.494 e. The zero-order valence-electron chi connectivity index (χ0n) is 16.3. The molecule has 3 heterocycles. The maximum absolute atomic E-state index is 13.2. The van der Waals surface area contributed by atoms with Gasteiger partial charge in [-0.15, -0.1) is 0 Å². The minimum absolute atomic E-state index is 0.229. The molecule has 3 N–H and O–H groups in total. The Hall–Kier alpha value is -2.80. The molecule has 0 amide bonds. The first-order valence-electron chi connectivity index (χ1n) is 9.97. The van der Waals surface area contributed by atoms with Crippen LogP contribution in [0.3, 0.4) is 0 Å². The Morgan fingerprint density at radius 1 is 1.11 bits per heavy atom. The molecule has 0 aliphatic carbocycles. The average Bonchev–Trinajstić information content (AvgIpc) is 3.08. The van der Waals surface area contributed by atoms with Crippen molar-refractivity contribution in [2.45, 2.75) is 52.2 Å². The van der Waals surface area contributed by atoms with Crippen LogP contribution in [-0.2, 0) is 19.5 Å². The quantitative estimate of drug-likeness (QED) is 0.631. The van der Waals surface area contributed by atoms with Gasteiger partial charge in [-0.05, 0) is 30.9 Å². The maximum atomic E-state index is 13.2. The van der Waals surface area contributed by atoms with E-state index in [1.807, 2.05) is 32.0 Å². The van der Waals surface area contributed by atoms with Crippen LogP contribution in [0.25, 0.3) is 10.9 Å². The minimum atomic E-state index is -0.476. The monoisotopic (exact) mass is 382 g/mol. The van der Waals surface area contributed by atoms with E-state index in [-0.39, 0.29) is 11.4 Å². The molecule has 1 atom stereocenters. The van der Waals surface area contributed by atoms with E-state index in [9.17, 15) is 14.7 Å². The molecular weight excluding hydrogens is 356 g/mol. The molecule has 7 heteroatoms. The molecule has 148 valence electrons. The molecule has 0 saturated heterocycles. The molecule has 2 aromatic heterocycles. The molecule has 0 bridgehead atoms. The SMILES string of the molecule is CCCn1c(O)c(C2NCCc3c2[nH]c2ccccc32)c(=O)n(CCC)c1=O. The first kappa shape index (κ1) is 18.6. The number of para-hydroxylation sites is 1. The number of nitrogens with zero attached hydrogens (tertiary/aromatic N) is 2. The third-order valence-corrected chi connectivity index (χ3v) is 5.48. The fourth-order valence-corrected chi connectivity index (χ4v) is 4.23. The van der Waals surface area contributed by atoms with Gasteiger partial charge in [0.05, 0.1) is 6.04 Å². The van der Waals surface area contributed by atoms with Gasteiger partial charge >= 0.3 is 5.69 Å². The normalized spacial score (nSPS) is 16.4. The van der Waals surface area contributed by atoms with E-state index in [1.165, 1.54) is 9.13 Å². The third kappa shape index (κ3) is 2.77. The van der Waals surface area contributed by atoms with Crippen LogP contribution in [0.5, 0.6) is 5.88 Å². The van der Waals surface area contributed by atoms with E-state index < -0.39 is 17.3 Å². The number of H-pyrrole nitrogens is 1. The summed E-state index contributed by atoms with van der Waals surface area (Å²) in [7, 11) is 0. The lowest BCUT2D eigenvalue weighted by Crippen LogP contribution is -2.44. The zero-order valence-corrected chi connectivity index (χ0v) is 16.3. The molecule has 0 spiro atoms. The van der Waals surface area contributed by atoms with Gasteiger partial charge in [0.25, 0.3) is 5.56 Å². The van der Waals surface area contributed by atoms with E-state index >= 15 is 0 Å². The summed E-state index contributed by atoms with van der Waals surface area (Å²) >= 11 is 0. The largest absolute Gasteiger partial charge is 0.494 e.